The van der Waals surface area contributed by atoms with Crippen molar-refractivity contribution in [2.24, 2.45) is 5.92 Å². The smallest absolute Gasteiger partial charge is 0.328 e. The average molecular weight is 478 g/mol. The van der Waals surface area contributed by atoms with Crippen LogP contribution in [-0.4, -0.2) is 29.2 Å². The number of aromatic amines is 1. The van der Waals surface area contributed by atoms with E-state index in [4.69, 9.17) is 4.74 Å². The van der Waals surface area contributed by atoms with Crippen LogP contribution in [0, 0.1) is 5.92 Å². The Morgan fingerprint density at radius 2 is 1.88 bits per heavy atom. The number of nitrogens with one attached hydrogen (secondary N) is 2. The van der Waals surface area contributed by atoms with Crippen LogP contribution in [0.15, 0.2) is 64.2 Å². The summed E-state index contributed by atoms with van der Waals surface area (Å²) in [7, 11) is 1.73. The molecule has 2 heterocycles. The van der Waals surface area contributed by atoms with Crippen LogP contribution in [0.4, 0.5) is 0 Å². The molecule has 2 N–H and O–H groups in total. The van der Waals surface area contributed by atoms with E-state index in [9.17, 15) is 9.59 Å². The Morgan fingerprint density at radius 1 is 1.03 bits per heavy atom. The third kappa shape index (κ3) is 3.53. The lowest BCUT2D eigenvalue weighted by Crippen LogP contribution is -2.38. The molecule has 1 aromatic heterocycles. The third-order valence-corrected chi connectivity index (χ3v) is 7.64. The van der Waals surface area contributed by atoms with Crippen molar-refractivity contribution in [2.75, 3.05) is 13.7 Å². The second-order valence-corrected chi connectivity index (χ2v) is 9.25. The van der Waals surface area contributed by atoms with E-state index in [0.717, 1.165) is 42.3 Å². The van der Waals surface area contributed by atoms with Crippen molar-refractivity contribution in [2.45, 2.75) is 37.8 Å². The highest BCUT2D eigenvalue weighted by Gasteiger charge is 2.40. The first-order valence-electron chi connectivity index (χ1n) is 11.7. The molecule has 176 valence electrons. The molecule has 6 nitrogen and oxygen atoms in total. The molecular formula is C27H28ClN3O3. The summed E-state index contributed by atoms with van der Waals surface area (Å²) in [6.45, 7) is 1.36. The number of fused-ring (bicyclic) bond motifs is 6. The molecule has 0 amide bonds. The van der Waals surface area contributed by atoms with Crippen molar-refractivity contribution in [1.29, 1.82) is 0 Å². The SMILES string of the molecule is COc1cccc2c1CC[C@H]1CNC(CCn3c(=O)[nH]c4c(ccc5ccccc54)c3=O)[C@@H]21.Cl. The van der Waals surface area contributed by atoms with Gasteiger partial charge in [0.1, 0.15) is 5.75 Å². The summed E-state index contributed by atoms with van der Waals surface area (Å²) in [5.41, 5.74) is 2.71. The lowest BCUT2D eigenvalue weighted by Gasteiger charge is -2.32. The molecule has 1 aliphatic heterocycles. The van der Waals surface area contributed by atoms with Crippen molar-refractivity contribution in [1.82, 2.24) is 14.9 Å². The van der Waals surface area contributed by atoms with E-state index in [1.807, 2.05) is 42.5 Å². The Labute approximate surface area is 203 Å². The van der Waals surface area contributed by atoms with Crippen LogP contribution in [0.1, 0.15) is 29.9 Å². The number of halogens is 1. The molecule has 0 radical (unpaired) electrons. The van der Waals surface area contributed by atoms with Crippen LogP contribution in [0.3, 0.4) is 0 Å². The predicted octanol–water partition coefficient (Wildman–Crippen LogP) is 3.98. The van der Waals surface area contributed by atoms with Crippen LogP contribution < -0.4 is 21.3 Å². The van der Waals surface area contributed by atoms with E-state index in [1.54, 1.807) is 7.11 Å². The Morgan fingerprint density at radius 3 is 2.74 bits per heavy atom. The summed E-state index contributed by atoms with van der Waals surface area (Å²) >= 11 is 0. The number of nitrogens with zero attached hydrogens (tertiary/aromatic N) is 1. The second kappa shape index (κ2) is 8.93. The van der Waals surface area contributed by atoms with E-state index in [-0.39, 0.29) is 29.7 Å². The van der Waals surface area contributed by atoms with Gasteiger partial charge in [-0.25, -0.2) is 4.79 Å². The van der Waals surface area contributed by atoms with Gasteiger partial charge in [-0.1, -0.05) is 42.5 Å². The molecule has 0 spiro atoms. The Bertz CT molecular complexity index is 1490. The highest BCUT2D eigenvalue weighted by molar-refractivity contribution is 6.04. The highest BCUT2D eigenvalue weighted by atomic mass is 35.5. The maximum absolute atomic E-state index is 13.3. The number of H-pyrrole nitrogens is 1. The van der Waals surface area contributed by atoms with Gasteiger partial charge in [-0.3, -0.25) is 9.36 Å². The van der Waals surface area contributed by atoms with Crippen molar-refractivity contribution in [3.8, 4) is 5.75 Å². The molecule has 7 heteroatoms. The first-order chi connectivity index (χ1) is 16.2. The Hall–Kier alpha value is -3.09. The molecule has 1 unspecified atom stereocenters. The number of aromatic nitrogens is 2. The van der Waals surface area contributed by atoms with Crippen molar-refractivity contribution >= 4 is 34.1 Å². The minimum absolute atomic E-state index is 0. The lowest BCUT2D eigenvalue weighted by molar-refractivity contribution is 0.371. The van der Waals surface area contributed by atoms with Crippen LogP contribution in [0.5, 0.6) is 5.75 Å². The van der Waals surface area contributed by atoms with Crippen LogP contribution in [0.25, 0.3) is 21.7 Å². The molecule has 3 aromatic carbocycles. The first-order valence-corrected chi connectivity index (χ1v) is 11.7. The molecule has 4 aromatic rings. The molecule has 34 heavy (non-hydrogen) atoms. The van der Waals surface area contributed by atoms with E-state index < -0.39 is 0 Å². The van der Waals surface area contributed by atoms with Gasteiger partial charge in [-0.15, -0.1) is 12.4 Å². The van der Waals surface area contributed by atoms with Crippen LogP contribution in [-0.2, 0) is 13.0 Å². The first kappa shape index (κ1) is 22.7. The molecule has 2 aliphatic rings. The monoisotopic (exact) mass is 477 g/mol. The second-order valence-electron chi connectivity index (χ2n) is 9.25. The summed E-state index contributed by atoms with van der Waals surface area (Å²) in [5.74, 6) is 1.92. The van der Waals surface area contributed by atoms with Crippen molar-refractivity contribution in [3.05, 3.63) is 86.6 Å². The minimum Gasteiger partial charge on any atom is -0.496 e. The number of ether oxygens (including phenoxy) is 1. The lowest BCUT2D eigenvalue weighted by atomic mass is 9.73. The van der Waals surface area contributed by atoms with Gasteiger partial charge in [0.15, 0.2) is 0 Å². The Balaban J connectivity index is 0.00000241. The average Bonchev–Trinajstić information content (AvgIpc) is 3.27. The fourth-order valence-electron chi connectivity index (χ4n) is 6.07. The Kier molecular flexibility index (Phi) is 5.96. The van der Waals surface area contributed by atoms with Gasteiger partial charge in [-0.05, 0) is 60.4 Å². The fraction of sp³-hybridized carbons (Fsp3) is 0.333. The van der Waals surface area contributed by atoms with Gasteiger partial charge in [0.25, 0.3) is 5.56 Å². The molecular weight excluding hydrogens is 450 g/mol. The largest absolute Gasteiger partial charge is 0.496 e. The van der Waals surface area contributed by atoms with Gasteiger partial charge in [0.2, 0.25) is 0 Å². The normalized spacial score (nSPS) is 21.1. The zero-order chi connectivity index (χ0) is 22.5. The predicted molar refractivity (Wildman–Crippen MR) is 138 cm³/mol. The third-order valence-electron chi connectivity index (χ3n) is 7.64. The zero-order valence-corrected chi connectivity index (χ0v) is 19.9. The molecule has 1 saturated heterocycles. The maximum Gasteiger partial charge on any atom is 0.328 e. The number of hydrogen-bond acceptors (Lipinski definition) is 4. The van der Waals surface area contributed by atoms with Gasteiger partial charge < -0.3 is 15.0 Å². The van der Waals surface area contributed by atoms with E-state index in [0.29, 0.717) is 29.3 Å². The molecule has 1 fully saturated rings. The maximum atomic E-state index is 13.3. The molecule has 6 rings (SSSR count). The molecule has 0 bridgehead atoms. The molecule has 1 aliphatic carbocycles. The summed E-state index contributed by atoms with van der Waals surface area (Å²) in [5, 5.41) is 6.13. The highest BCUT2D eigenvalue weighted by Crippen LogP contribution is 2.45. The van der Waals surface area contributed by atoms with Gasteiger partial charge in [0, 0.05) is 23.9 Å². The standard InChI is InChI=1S/C27H27N3O3.ClH/c1-33-23-8-4-7-20-19(23)11-10-17-15-28-22(24(17)20)13-14-30-26(31)21-12-9-16-5-2-3-6-18(16)25(21)29-27(30)32;/h2-9,12,17,22,24,28H,10-11,13-15H2,1H3,(H,29,32);1H/t17-,22?,24+;/m0./s1. The fourth-order valence-corrected chi connectivity index (χ4v) is 6.07. The number of rotatable bonds is 4. The number of hydrogen-bond donors (Lipinski definition) is 2. The van der Waals surface area contributed by atoms with Gasteiger partial charge in [-0.2, -0.15) is 0 Å². The summed E-state index contributed by atoms with van der Waals surface area (Å²) in [6, 6.07) is 18.1. The van der Waals surface area contributed by atoms with E-state index >= 15 is 0 Å². The van der Waals surface area contributed by atoms with Crippen LogP contribution in [0.2, 0.25) is 0 Å². The van der Waals surface area contributed by atoms with E-state index in [2.05, 4.69) is 22.4 Å². The van der Waals surface area contributed by atoms with Crippen LogP contribution >= 0.6 is 12.4 Å². The molecule has 3 atom stereocenters. The summed E-state index contributed by atoms with van der Waals surface area (Å²) in [6.07, 6.45) is 2.89. The van der Waals surface area contributed by atoms with Crippen molar-refractivity contribution in [3.63, 3.8) is 0 Å². The number of benzene rings is 3. The topological polar surface area (TPSA) is 76.1 Å². The zero-order valence-electron chi connectivity index (χ0n) is 19.0. The van der Waals surface area contributed by atoms with E-state index in [1.165, 1.54) is 15.7 Å². The minimum atomic E-state index is -0.343. The van der Waals surface area contributed by atoms with Crippen molar-refractivity contribution < 1.29 is 4.74 Å². The summed E-state index contributed by atoms with van der Waals surface area (Å²) in [4.78, 5) is 29.2. The quantitative estimate of drug-likeness (QED) is 0.436. The summed E-state index contributed by atoms with van der Waals surface area (Å²) < 4.78 is 6.98. The molecule has 0 saturated carbocycles. The van der Waals surface area contributed by atoms with Gasteiger partial charge >= 0.3 is 5.69 Å². The number of methoxy groups -OCH3 is 1. The van der Waals surface area contributed by atoms with Gasteiger partial charge in [0.05, 0.1) is 18.0 Å².